The van der Waals surface area contributed by atoms with Crippen molar-refractivity contribution in [2.75, 3.05) is 31.6 Å². The minimum Gasteiger partial charge on any atom is -0.395 e. The highest BCUT2D eigenvalue weighted by Crippen LogP contribution is 2.28. The van der Waals surface area contributed by atoms with Crippen molar-refractivity contribution >= 4 is 21.6 Å². The standard InChI is InChI=1S/C13H19BrF2N2O/c1-9(17-2)11-4-3-10(7-12(11)14)18(5-6-19)8-13(15)16/h3-4,7,9,13,17,19H,5-6,8H2,1-2H3. The number of aliphatic hydroxyl groups excluding tert-OH is 1. The van der Waals surface area contributed by atoms with Gasteiger partial charge in [0.05, 0.1) is 13.2 Å². The van der Waals surface area contributed by atoms with E-state index in [0.29, 0.717) is 5.69 Å². The number of aliphatic hydroxyl groups is 1. The van der Waals surface area contributed by atoms with Crippen LogP contribution in [0.25, 0.3) is 0 Å². The third-order valence-corrected chi connectivity index (χ3v) is 3.66. The lowest BCUT2D eigenvalue weighted by Crippen LogP contribution is -2.31. The van der Waals surface area contributed by atoms with Crippen LogP contribution in [0.2, 0.25) is 0 Å². The van der Waals surface area contributed by atoms with Crippen LogP contribution in [0, 0.1) is 0 Å². The van der Waals surface area contributed by atoms with E-state index in [9.17, 15) is 8.78 Å². The molecule has 0 saturated carbocycles. The number of halogens is 3. The van der Waals surface area contributed by atoms with Gasteiger partial charge >= 0.3 is 0 Å². The summed E-state index contributed by atoms with van der Waals surface area (Å²) in [6.45, 7) is 1.68. The number of hydrogen-bond donors (Lipinski definition) is 2. The summed E-state index contributed by atoms with van der Waals surface area (Å²) in [4.78, 5) is 1.48. The number of rotatable bonds is 7. The maximum absolute atomic E-state index is 12.5. The van der Waals surface area contributed by atoms with Crippen LogP contribution >= 0.6 is 15.9 Å². The average molecular weight is 337 g/mol. The molecule has 0 spiro atoms. The fourth-order valence-electron chi connectivity index (χ4n) is 1.83. The lowest BCUT2D eigenvalue weighted by molar-refractivity contribution is 0.153. The normalized spacial score (nSPS) is 12.8. The molecule has 0 fully saturated rings. The van der Waals surface area contributed by atoms with Gasteiger partial charge in [0.2, 0.25) is 0 Å². The Labute approximate surface area is 120 Å². The van der Waals surface area contributed by atoms with Crippen molar-refractivity contribution < 1.29 is 13.9 Å². The zero-order valence-electron chi connectivity index (χ0n) is 11.0. The number of nitrogens with zero attached hydrogens (tertiary/aromatic N) is 1. The molecule has 0 amide bonds. The summed E-state index contributed by atoms with van der Waals surface area (Å²) in [5, 5.41) is 12.1. The number of hydrogen-bond acceptors (Lipinski definition) is 3. The van der Waals surface area contributed by atoms with Gasteiger partial charge in [-0.05, 0) is 31.7 Å². The SMILES string of the molecule is CNC(C)c1ccc(N(CCO)CC(F)F)cc1Br. The summed E-state index contributed by atoms with van der Waals surface area (Å²) >= 11 is 3.46. The van der Waals surface area contributed by atoms with Gasteiger partial charge in [0.15, 0.2) is 0 Å². The predicted octanol–water partition coefficient (Wildman–Crippen LogP) is 2.79. The van der Waals surface area contributed by atoms with Gasteiger partial charge in [-0.25, -0.2) is 8.78 Å². The average Bonchev–Trinajstić information content (AvgIpc) is 2.36. The largest absolute Gasteiger partial charge is 0.395 e. The Morgan fingerprint density at radius 2 is 2.11 bits per heavy atom. The topological polar surface area (TPSA) is 35.5 Å². The molecule has 3 nitrogen and oxygen atoms in total. The van der Waals surface area contributed by atoms with Crippen molar-refractivity contribution in [1.82, 2.24) is 5.32 Å². The molecular weight excluding hydrogens is 318 g/mol. The van der Waals surface area contributed by atoms with Gasteiger partial charge in [0.1, 0.15) is 0 Å². The lowest BCUT2D eigenvalue weighted by atomic mass is 10.1. The Balaban J connectivity index is 2.96. The first-order chi connectivity index (χ1) is 8.99. The summed E-state index contributed by atoms with van der Waals surface area (Å²) in [7, 11) is 1.86. The third-order valence-electron chi connectivity index (χ3n) is 2.98. The second kappa shape index (κ2) is 7.77. The first kappa shape index (κ1) is 16.3. The molecule has 108 valence electrons. The highest BCUT2D eigenvalue weighted by molar-refractivity contribution is 9.10. The Kier molecular flexibility index (Phi) is 6.68. The molecule has 1 unspecified atom stereocenters. The molecule has 0 aliphatic carbocycles. The summed E-state index contributed by atoms with van der Waals surface area (Å²) < 4.78 is 25.9. The number of benzene rings is 1. The Morgan fingerprint density at radius 1 is 1.42 bits per heavy atom. The van der Waals surface area contributed by atoms with Crippen molar-refractivity contribution in [3.05, 3.63) is 28.2 Å². The van der Waals surface area contributed by atoms with Crippen LogP contribution in [0.15, 0.2) is 22.7 Å². The molecular formula is C13H19BrF2N2O. The van der Waals surface area contributed by atoms with Crippen LogP contribution in [0.4, 0.5) is 14.5 Å². The van der Waals surface area contributed by atoms with Crippen LogP contribution in [0.1, 0.15) is 18.5 Å². The van der Waals surface area contributed by atoms with E-state index in [4.69, 9.17) is 5.11 Å². The van der Waals surface area contributed by atoms with Gasteiger partial charge in [0, 0.05) is 22.7 Å². The van der Waals surface area contributed by atoms with Gasteiger partial charge in [-0.2, -0.15) is 0 Å². The van der Waals surface area contributed by atoms with Crippen LogP contribution in [0.5, 0.6) is 0 Å². The first-order valence-electron chi connectivity index (χ1n) is 6.10. The van der Waals surface area contributed by atoms with Crippen LogP contribution in [-0.2, 0) is 0 Å². The van der Waals surface area contributed by atoms with E-state index in [-0.39, 0.29) is 25.7 Å². The first-order valence-corrected chi connectivity index (χ1v) is 6.89. The van der Waals surface area contributed by atoms with Crippen molar-refractivity contribution in [2.24, 2.45) is 0 Å². The summed E-state index contributed by atoms with van der Waals surface area (Å²) in [5.41, 5.74) is 1.74. The van der Waals surface area contributed by atoms with E-state index >= 15 is 0 Å². The second-order valence-electron chi connectivity index (χ2n) is 4.28. The van der Waals surface area contributed by atoms with E-state index in [2.05, 4.69) is 21.2 Å². The smallest absolute Gasteiger partial charge is 0.255 e. The van der Waals surface area contributed by atoms with Crippen molar-refractivity contribution in [3.8, 4) is 0 Å². The maximum atomic E-state index is 12.5. The van der Waals surface area contributed by atoms with Crippen LogP contribution in [0.3, 0.4) is 0 Å². The van der Waals surface area contributed by atoms with Crippen molar-refractivity contribution in [2.45, 2.75) is 19.4 Å². The number of anilines is 1. The molecule has 19 heavy (non-hydrogen) atoms. The summed E-state index contributed by atoms with van der Waals surface area (Å²) in [5.74, 6) is 0. The number of alkyl halides is 2. The predicted molar refractivity (Wildman–Crippen MR) is 76.9 cm³/mol. The van der Waals surface area contributed by atoms with Gasteiger partial charge < -0.3 is 15.3 Å². The van der Waals surface area contributed by atoms with E-state index in [1.165, 1.54) is 4.90 Å². The van der Waals surface area contributed by atoms with Gasteiger partial charge in [0.25, 0.3) is 6.43 Å². The molecule has 0 aliphatic rings. The Hall–Kier alpha value is -0.720. The molecule has 0 aromatic heterocycles. The van der Waals surface area contributed by atoms with Gasteiger partial charge in [-0.1, -0.05) is 22.0 Å². The molecule has 2 N–H and O–H groups in total. The van der Waals surface area contributed by atoms with Crippen molar-refractivity contribution in [1.29, 1.82) is 0 Å². The summed E-state index contributed by atoms with van der Waals surface area (Å²) in [6, 6.07) is 5.67. The quantitative estimate of drug-likeness (QED) is 0.803. The molecule has 1 aromatic carbocycles. The minimum absolute atomic E-state index is 0.154. The number of nitrogens with one attached hydrogen (secondary N) is 1. The molecule has 1 rings (SSSR count). The van der Waals surface area contributed by atoms with Gasteiger partial charge in [-0.3, -0.25) is 0 Å². The highest BCUT2D eigenvalue weighted by Gasteiger charge is 2.15. The summed E-state index contributed by atoms with van der Waals surface area (Å²) in [6.07, 6.45) is -2.43. The van der Waals surface area contributed by atoms with E-state index < -0.39 is 6.43 Å². The zero-order chi connectivity index (χ0) is 14.4. The monoisotopic (exact) mass is 336 g/mol. The molecule has 0 bridgehead atoms. The van der Waals surface area contributed by atoms with Gasteiger partial charge in [-0.15, -0.1) is 0 Å². The lowest BCUT2D eigenvalue weighted by Gasteiger charge is -2.25. The molecule has 1 atom stereocenters. The molecule has 0 aliphatic heterocycles. The minimum atomic E-state index is -2.43. The molecule has 6 heteroatoms. The van der Waals surface area contributed by atoms with E-state index in [0.717, 1.165) is 10.0 Å². The Morgan fingerprint density at radius 3 is 2.58 bits per heavy atom. The molecule has 0 heterocycles. The van der Waals surface area contributed by atoms with E-state index in [1.807, 2.05) is 20.0 Å². The third kappa shape index (κ3) is 4.71. The molecule has 1 aromatic rings. The fraction of sp³-hybridized carbons (Fsp3) is 0.538. The fourth-order valence-corrected chi connectivity index (χ4v) is 2.54. The van der Waals surface area contributed by atoms with Crippen molar-refractivity contribution in [3.63, 3.8) is 0 Å². The highest BCUT2D eigenvalue weighted by atomic mass is 79.9. The second-order valence-corrected chi connectivity index (χ2v) is 5.13. The molecule has 0 saturated heterocycles. The van der Waals surface area contributed by atoms with E-state index in [1.54, 1.807) is 12.1 Å². The Bertz CT molecular complexity index is 404. The molecule has 0 radical (unpaired) electrons. The maximum Gasteiger partial charge on any atom is 0.255 e. The van der Waals surface area contributed by atoms with Crippen LogP contribution in [-0.4, -0.2) is 38.3 Å². The zero-order valence-corrected chi connectivity index (χ0v) is 12.6. The van der Waals surface area contributed by atoms with Crippen LogP contribution < -0.4 is 10.2 Å².